The molecule has 5 rings (SSSR count). The minimum Gasteiger partial charge on any atom is -0.488 e. The van der Waals surface area contributed by atoms with E-state index in [1.807, 2.05) is 17.0 Å². The van der Waals surface area contributed by atoms with Crippen LogP contribution in [0.1, 0.15) is 12.8 Å². The third kappa shape index (κ3) is 3.51. The van der Waals surface area contributed by atoms with Crippen molar-refractivity contribution in [2.24, 2.45) is 11.8 Å². The lowest BCUT2D eigenvalue weighted by molar-refractivity contribution is -0.130. The Morgan fingerprint density at radius 1 is 1.17 bits per heavy atom. The predicted octanol–water partition coefficient (Wildman–Crippen LogP) is 0.759. The number of rotatable bonds is 4. The Balaban J connectivity index is 1.19. The number of ether oxygens (including phenoxy) is 3. The third-order valence-corrected chi connectivity index (χ3v) is 6.70. The van der Waals surface area contributed by atoms with Gasteiger partial charge >= 0.3 is 6.03 Å². The number of hydrogen-bond donors (Lipinski definition) is 1. The van der Waals surface area contributed by atoms with Gasteiger partial charge in [-0.25, -0.2) is 4.79 Å². The van der Waals surface area contributed by atoms with Crippen molar-refractivity contribution in [1.82, 2.24) is 14.7 Å². The number of aliphatic hydroxyl groups excluding tert-OH is 1. The molecule has 2 saturated heterocycles. The maximum atomic E-state index is 12.8. The third-order valence-electron chi connectivity index (χ3n) is 6.70. The highest BCUT2D eigenvalue weighted by Crippen LogP contribution is 2.40. The number of likely N-dealkylation sites (tertiary alicyclic amines) is 1. The second-order valence-electron chi connectivity index (χ2n) is 8.65. The molecule has 0 radical (unpaired) electrons. The summed E-state index contributed by atoms with van der Waals surface area (Å²) in [7, 11) is 1.75. The quantitative estimate of drug-likeness (QED) is 0.778. The van der Waals surface area contributed by atoms with E-state index in [9.17, 15) is 14.7 Å². The molecule has 0 spiro atoms. The molecule has 4 atom stereocenters. The molecule has 1 aromatic carbocycles. The summed E-state index contributed by atoms with van der Waals surface area (Å²) in [6.45, 7) is 2.86. The minimum absolute atomic E-state index is 0.0178. The van der Waals surface area contributed by atoms with E-state index in [1.54, 1.807) is 22.9 Å². The van der Waals surface area contributed by atoms with E-state index in [2.05, 4.69) is 0 Å². The highest BCUT2D eigenvalue weighted by atomic mass is 16.7. The van der Waals surface area contributed by atoms with Gasteiger partial charge in [0.25, 0.3) is 0 Å². The molecule has 3 heterocycles. The van der Waals surface area contributed by atoms with Gasteiger partial charge in [0.2, 0.25) is 12.7 Å². The predicted molar refractivity (Wildman–Crippen MR) is 105 cm³/mol. The Bertz CT molecular complexity index is 848. The molecule has 3 fully saturated rings. The van der Waals surface area contributed by atoms with Crippen LogP contribution in [0.4, 0.5) is 4.79 Å². The zero-order chi connectivity index (χ0) is 20.8. The summed E-state index contributed by atoms with van der Waals surface area (Å²) >= 11 is 0. The highest BCUT2D eigenvalue weighted by Gasteiger charge is 2.44. The number of aliphatic hydroxyl groups is 1. The first-order valence-electron chi connectivity index (χ1n) is 10.5. The molecule has 1 saturated carbocycles. The van der Waals surface area contributed by atoms with Crippen LogP contribution < -0.4 is 14.2 Å². The monoisotopic (exact) mass is 417 g/mol. The molecule has 0 aromatic heterocycles. The van der Waals surface area contributed by atoms with Crippen molar-refractivity contribution in [3.8, 4) is 17.2 Å². The molecule has 0 unspecified atom stereocenters. The van der Waals surface area contributed by atoms with Gasteiger partial charge in [-0.05, 0) is 36.8 Å². The molecular formula is C21H27N3O6. The average molecular weight is 417 g/mol. The van der Waals surface area contributed by atoms with Gasteiger partial charge < -0.3 is 34.0 Å². The van der Waals surface area contributed by atoms with E-state index < -0.39 is 6.10 Å². The zero-order valence-corrected chi connectivity index (χ0v) is 17.0. The average Bonchev–Trinajstić information content (AvgIpc) is 3.43. The Hall–Kier alpha value is -2.68. The van der Waals surface area contributed by atoms with Gasteiger partial charge in [-0.1, -0.05) is 0 Å². The summed E-state index contributed by atoms with van der Waals surface area (Å²) in [6.07, 6.45) is 0.390. The SMILES string of the molecule is CN1CCN(CC(=O)N2C[C@H]3C[C@@H](Oc4ccc5c(c4)OCO5)[C@H](O)C[C@H]3C2)C1=O. The lowest BCUT2D eigenvalue weighted by Gasteiger charge is -2.35. The number of hydrogen-bond acceptors (Lipinski definition) is 6. The fraction of sp³-hybridized carbons (Fsp3) is 0.619. The van der Waals surface area contributed by atoms with E-state index >= 15 is 0 Å². The molecule has 1 N–H and O–H groups in total. The van der Waals surface area contributed by atoms with E-state index in [1.165, 1.54) is 0 Å². The Kier molecular flexibility index (Phi) is 4.85. The van der Waals surface area contributed by atoms with Crippen LogP contribution >= 0.6 is 0 Å². The Morgan fingerprint density at radius 2 is 1.93 bits per heavy atom. The summed E-state index contributed by atoms with van der Waals surface area (Å²) in [5, 5.41) is 10.6. The molecule has 9 heteroatoms. The Morgan fingerprint density at radius 3 is 2.70 bits per heavy atom. The van der Waals surface area contributed by atoms with Gasteiger partial charge in [-0.2, -0.15) is 0 Å². The first-order valence-corrected chi connectivity index (χ1v) is 10.5. The van der Waals surface area contributed by atoms with E-state index in [0.29, 0.717) is 56.3 Å². The van der Waals surface area contributed by atoms with Crippen LogP contribution in [-0.4, -0.2) is 90.5 Å². The number of fused-ring (bicyclic) bond motifs is 2. The lowest BCUT2D eigenvalue weighted by Crippen LogP contribution is -2.42. The molecule has 30 heavy (non-hydrogen) atoms. The van der Waals surface area contributed by atoms with Crippen LogP contribution in [0.25, 0.3) is 0 Å². The van der Waals surface area contributed by atoms with Crippen molar-refractivity contribution in [1.29, 1.82) is 0 Å². The van der Waals surface area contributed by atoms with Crippen LogP contribution in [0, 0.1) is 11.8 Å². The fourth-order valence-electron chi connectivity index (χ4n) is 4.96. The van der Waals surface area contributed by atoms with Crippen LogP contribution in [0.3, 0.4) is 0 Å². The van der Waals surface area contributed by atoms with Crippen molar-refractivity contribution < 1.29 is 28.9 Å². The number of benzene rings is 1. The number of carbonyl (C=O) groups excluding carboxylic acids is 2. The normalized spacial score (nSPS) is 30.1. The van der Waals surface area contributed by atoms with Crippen molar-refractivity contribution in [3.05, 3.63) is 18.2 Å². The van der Waals surface area contributed by atoms with Gasteiger partial charge in [0.1, 0.15) is 18.4 Å². The highest BCUT2D eigenvalue weighted by molar-refractivity contribution is 5.85. The standard InChI is InChI=1S/C21H27N3O6/c1-22-4-5-23(21(22)27)11-20(26)24-9-13-6-16(25)18(7-14(13)10-24)30-15-2-3-17-19(8-15)29-12-28-17/h2-3,8,13-14,16,18,25H,4-7,9-12H2,1H3/t13-,14+,16+,18+/m0/s1. The smallest absolute Gasteiger partial charge is 0.320 e. The molecule has 3 aliphatic heterocycles. The number of nitrogens with zero attached hydrogens (tertiary/aromatic N) is 3. The van der Waals surface area contributed by atoms with Gasteiger partial charge in [0, 0.05) is 39.3 Å². The first kappa shape index (κ1) is 19.3. The van der Waals surface area contributed by atoms with Crippen molar-refractivity contribution >= 4 is 11.9 Å². The summed E-state index contributed by atoms with van der Waals surface area (Å²) in [4.78, 5) is 29.9. The van der Waals surface area contributed by atoms with Crippen molar-refractivity contribution in [2.75, 3.05) is 46.6 Å². The number of amides is 3. The van der Waals surface area contributed by atoms with Crippen molar-refractivity contribution in [2.45, 2.75) is 25.0 Å². The van der Waals surface area contributed by atoms with E-state index in [0.717, 1.165) is 0 Å². The molecule has 162 valence electrons. The molecule has 1 aliphatic carbocycles. The lowest BCUT2D eigenvalue weighted by atomic mass is 9.78. The Labute approximate surface area is 175 Å². The fourth-order valence-corrected chi connectivity index (χ4v) is 4.96. The minimum atomic E-state index is -0.583. The van der Waals surface area contributed by atoms with E-state index in [4.69, 9.17) is 14.2 Å². The molecule has 3 amide bonds. The molecule has 9 nitrogen and oxygen atoms in total. The van der Waals surface area contributed by atoms with Crippen LogP contribution in [-0.2, 0) is 4.79 Å². The zero-order valence-electron chi connectivity index (χ0n) is 17.0. The summed E-state index contributed by atoms with van der Waals surface area (Å²) in [6, 6.07) is 5.33. The summed E-state index contributed by atoms with van der Waals surface area (Å²) < 4.78 is 16.8. The van der Waals surface area contributed by atoms with Gasteiger partial charge in [-0.15, -0.1) is 0 Å². The topological polar surface area (TPSA) is 91.8 Å². The molecular weight excluding hydrogens is 390 g/mol. The molecule has 0 bridgehead atoms. The van der Waals surface area contributed by atoms with Gasteiger partial charge in [0.15, 0.2) is 11.5 Å². The summed E-state index contributed by atoms with van der Waals surface area (Å²) in [5.41, 5.74) is 0. The molecule has 1 aromatic rings. The van der Waals surface area contributed by atoms with Crippen molar-refractivity contribution in [3.63, 3.8) is 0 Å². The van der Waals surface area contributed by atoms with Crippen LogP contribution in [0.2, 0.25) is 0 Å². The molecule has 4 aliphatic rings. The van der Waals surface area contributed by atoms with Gasteiger partial charge in [0.05, 0.1) is 6.10 Å². The maximum Gasteiger partial charge on any atom is 0.320 e. The van der Waals surface area contributed by atoms with Gasteiger partial charge in [-0.3, -0.25) is 4.79 Å². The van der Waals surface area contributed by atoms with Crippen LogP contribution in [0.15, 0.2) is 18.2 Å². The van der Waals surface area contributed by atoms with Crippen LogP contribution in [0.5, 0.6) is 17.2 Å². The summed E-state index contributed by atoms with van der Waals surface area (Å²) in [5.74, 6) is 2.51. The first-order chi connectivity index (χ1) is 14.5. The van der Waals surface area contributed by atoms with E-state index in [-0.39, 0.29) is 43.2 Å². The second kappa shape index (κ2) is 7.54. The maximum absolute atomic E-state index is 12.8. The number of urea groups is 1. The number of likely N-dealkylation sites (N-methyl/N-ethyl adjacent to an activating group) is 1. The largest absolute Gasteiger partial charge is 0.488 e. The second-order valence-corrected chi connectivity index (χ2v) is 8.65. The number of carbonyl (C=O) groups is 2.